The van der Waals surface area contributed by atoms with E-state index >= 15 is 0 Å². The smallest absolute Gasteiger partial charge is 0.120 e. The lowest BCUT2D eigenvalue weighted by atomic mass is 10.1. The Hall–Kier alpha value is -0.580. The van der Waals surface area contributed by atoms with Gasteiger partial charge in [-0.3, -0.25) is 0 Å². The van der Waals surface area contributed by atoms with Gasteiger partial charge >= 0.3 is 0 Å². The van der Waals surface area contributed by atoms with Crippen LogP contribution in [0, 0.1) is 0 Å². The van der Waals surface area contributed by atoms with Crippen LogP contribution < -0.4 is 4.74 Å². The van der Waals surface area contributed by atoms with Gasteiger partial charge in [-0.1, -0.05) is 22.0 Å². The first-order chi connectivity index (χ1) is 8.74. The predicted octanol–water partition coefficient (Wildman–Crippen LogP) is 3.15. The molecule has 4 heteroatoms. The minimum atomic E-state index is -0.333. The molecule has 1 aromatic rings. The number of aliphatic hydroxyl groups excluding tert-OH is 1. The fraction of sp³-hybridized carbons (Fsp3) is 0.571. The van der Waals surface area contributed by atoms with E-state index in [-0.39, 0.29) is 12.2 Å². The van der Waals surface area contributed by atoms with E-state index in [9.17, 15) is 5.11 Å². The maximum Gasteiger partial charge on any atom is 0.120 e. The van der Waals surface area contributed by atoms with Crippen LogP contribution >= 0.6 is 15.9 Å². The van der Waals surface area contributed by atoms with Crippen molar-refractivity contribution >= 4 is 15.9 Å². The van der Waals surface area contributed by atoms with E-state index in [2.05, 4.69) is 15.9 Å². The minimum absolute atomic E-state index is 0.242. The molecule has 0 aromatic heterocycles. The summed E-state index contributed by atoms with van der Waals surface area (Å²) in [6.07, 6.45) is 3.47. The number of halogens is 1. The first kappa shape index (κ1) is 13.8. The third-order valence-corrected chi connectivity index (χ3v) is 3.57. The molecule has 0 radical (unpaired) electrons. The van der Waals surface area contributed by atoms with Crippen LogP contribution in [0.4, 0.5) is 0 Å². The van der Waals surface area contributed by atoms with Crippen molar-refractivity contribution in [2.24, 2.45) is 0 Å². The van der Waals surface area contributed by atoms with E-state index < -0.39 is 0 Å². The molecule has 3 nitrogen and oxygen atoms in total. The molecule has 0 spiro atoms. The monoisotopic (exact) mass is 314 g/mol. The maximum absolute atomic E-state index is 9.87. The van der Waals surface area contributed by atoms with Gasteiger partial charge in [0.25, 0.3) is 0 Å². The molecule has 0 saturated carbocycles. The van der Waals surface area contributed by atoms with Gasteiger partial charge in [-0.2, -0.15) is 0 Å². The lowest BCUT2D eigenvalue weighted by molar-refractivity contribution is 0.0450. The molecule has 0 aliphatic carbocycles. The molecule has 0 amide bonds. The highest BCUT2D eigenvalue weighted by Crippen LogP contribution is 2.20. The van der Waals surface area contributed by atoms with Crippen molar-refractivity contribution in [1.29, 1.82) is 0 Å². The molecule has 0 bridgehead atoms. The second kappa shape index (κ2) is 7.12. The largest absolute Gasteiger partial charge is 0.493 e. The zero-order chi connectivity index (χ0) is 12.8. The normalized spacial score (nSPS) is 20.9. The Morgan fingerprint density at radius 1 is 1.50 bits per heavy atom. The Morgan fingerprint density at radius 3 is 3.11 bits per heavy atom. The van der Waals surface area contributed by atoms with E-state index in [0.29, 0.717) is 13.0 Å². The van der Waals surface area contributed by atoms with Crippen molar-refractivity contribution in [2.75, 3.05) is 13.2 Å². The Bertz CT molecular complexity index is 364. The second-order valence-corrected chi connectivity index (χ2v) is 5.53. The minimum Gasteiger partial charge on any atom is -0.493 e. The molecule has 2 atom stereocenters. The number of benzene rings is 1. The number of aliphatic hydroxyl groups is 1. The van der Waals surface area contributed by atoms with Gasteiger partial charge in [-0.05, 0) is 37.5 Å². The zero-order valence-electron chi connectivity index (χ0n) is 10.3. The Kier molecular flexibility index (Phi) is 5.47. The standard InChI is InChI=1S/C14H19BrO3/c15-11-3-1-4-13(9-11)18-8-6-12(16)10-14-5-2-7-17-14/h1,3-4,9,12,14,16H,2,5-8,10H2. The molecule has 1 heterocycles. The molecule has 100 valence electrons. The molecular formula is C14H19BrO3. The summed E-state index contributed by atoms with van der Waals surface area (Å²) in [6, 6.07) is 7.73. The van der Waals surface area contributed by atoms with Crippen molar-refractivity contribution in [3.05, 3.63) is 28.7 Å². The highest BCUT2D eigenvalue weighted by molar-refractivity contribution is 9.10. The van der Waals surface area contributed by atoms with Gasteiger partial charge < -0.3 is 14.6 Å². The number of rotatable bonds is 6. The van der Waals surface area contributed by atoms with Crippen LogP contribution in [0.15, 0.2) is 28.7 Å². The molecule has 1 aliphatic heterocycles. The summed E-state index contributed by atoms with van der Waals surface area (Å²) in [5, 5.41) is 9.87. The average Bonchev–Trinajstić information content (AvgIpc) is 2.82. The first-order valence-corrected chi connectivity index (χ1v) is 7.21. The summed E-state index contributed by atoms with van der Waals surface area (Å²) in [5.74, 6) is 0.827. The fourth-order valence-corrected chi connectivity index (χ4v) is 2.50. The van der Waals surface area contributed by atoms with Gasteiger partial charge in [0.05, 0.1) is 18.8 Å². The van der Waals surface area contributed by atoms with Crippen molar-refractivity contribution in [2.45, 2.75) is 37.9 Å². The van der Waals surface area contributed by atoms with Crippen LogP contribution in [0.5, 0.6) is 5.75 Å². The van der Waals surface area contributed by atoms with Crippen LogP contribution in [0.3, 0.4) is 0 Å². The molecule has 1 aliphatic rings. The van der Waals surface area contributed by atoms with E-state index in [1.54, 1.807) is 0 Å². The fourth-order valence-electron chi connectivity index (χ4n) is 2.12. The molecule has 1 N–H and O–H groups in total. The van der Waals surface area contributed by atoms with Gasteiger partial charge in [-0.25, -0.2) is 0 Å². The Labute approximate surface area is 116 Å². The van der Waals surface area contributed by atoms with Crippen molar-refractivity contribution in [3.63, 3.8) is 0 Å². The predicted molar refractivity (Wildman–Crippen MR) is 73.9 cm³/mol. The molecule has 1 saturated heterocycles. The van der Waals surface area contributed by atoms with E-state index in [4.69, 9.17) is 9.47 Å². The highest BCUT2D eigenvalue weighted by Gasteiger charge is 2.19. The quantitative estimate of drug-likeness (QED) is 0.876. The van der Waals surface area contributed by atoms with E-state index in [1.165, 1.54) is 0 Å². The average molecular weight is 315 g/mol. The number of ether oxygens (including phenoxy) is 2. The van der Waals surface area contributed by atoms with Gasteiger partial charge in [0.2, 0.25) is 0 Å². The van der Waals surface area contributed by atoms with Crippen molar-refractivity contribution in [1.82, 2.24) is 0 Å². The third kappa shape index (κ3) is 4.59. The molecular weight excluding hydrogens is 296 g/mol. The summed E-state index contributed by atoms with van der Waals surface area (Å²) in [7, 11) is 0. The molecule has 18 heavy (non-hydrogen) atoms. The van der Waals surface area contributed by atoms with Crippen LogP contribution in [-0.2, 0) is 4.74 Å². The van der Waals surface area contributed by atoms with Crippen LogP contribution in [0.1, 0.15) is 25.7 Å². The van der Waals surface area contributed by atoms with Crippen molar-refractivity contribution in [3.8, 4) is 5.75 Å². The zero-order valence-corrected chi connectivity index (χ0v) is 11.9. The van der Waals surface area contributed by atoms with Crippen LogP contribution in [0.25, 0.3) is 0 Å². The number of hydrogen-bond acceptors (Lipinski definition) is 3. The lowest BCUT2D eigenvalue weighted by Crippen LogP contribution is -2.19. The Morgan fingerprint density at radius 2 is 2.39 bits per heavy atom. The molecule has 2 rings (SSSR count). The van der Waals surface area contributed by atoms with Gasteiger partial charge in [0.15, 0.2) is 0 Å². The van der Waals surface area contributed by atoms with E-state index in [0.717, 1.165) is 36.1 Å². The highest BCUT2D eigenvalue weighted by atomic mass is 79.9. The van der Waals surface area contributed by atoms with Crippen LogP contribution in [-0.4, -0.2) is 30.5 Å². The summed E-state index contributed by atoms with van der Waals surface area (Å²) < 4.78 is 12.1. The molecule has 1 aromatic carbocycles. The number of hydrogen-bond donors (Lipinski definition) is 1. The third-order valence-electron chi connectivity index (χ3n) is 3.07. The lowest BCUT2D eigenvalue weighted by Gasteiger charge is -2.15. The van der Waals surface area contributed by atoms with Gasteiger partial charge in [0, 0.05) is 17.5 Å². The molecule has 1 fully saturated rings. The van der Waals surface area contributed by atoms with E-state index in [1.807, 2.05) is 24.3 Å². The summed E-state index contributed by atoms with van der Waals surface area (Å²) in [6.45, 7) is 1.37. The Balaban J connectivity index is 1.65. The summed E-state index contributed by atoms with van der Waals surface area (Å²) >= 11 is 3.40. The van der Waals surface area contributed by atoms with Gasteiger partial charge in [-0.15, -0.1) is 0 Å². The summed E-state index contributed by atoms with van der Waals surface area (Å²) in [4.78, 5) is 0. The second-order valence-electron chi connectivity index (χ2n) is 4.62. The summed E-state index contributed by atoms with van der Waals surface area (Å²) in [5.41, 5.74) is 0. The molecule has 2 unspecified atom stereocenters. The topological polar surface area (TPSA) is 38.7 Å². The first-order valence-electron chi connectivity index (χ1n) is 6.42. The van der Waals surface area contributed by atoms with Crippen molar-refractivity contribution < 1.29 is 14.6 Å². The maximum atomic E-state index is 9.87. The van der Waals surface area contributed by atoms with Crippen LogP contribution in [0.2, 0.25) is 0 Å². The van der Waals surface area contributed by atoms with Gasteiger partial charge in [0.1, 0.15) is 5.75 Å². The SMILES string of the molecule is OC(CCOc1cccc(Br)c1)CC1CCCO1.